The van der Waals surface area contributed by atoms with Gasteiger partial charge >= 0.3 is 0 Å². The molecule has 1 aliphatic heterocycles. The van der Waals surface area contributed by atoms with Crippen molar-refractivity contribution in [3.8, 4) is 0 Å². The normalized spacial score (nSPS) is 18.7. The predicted molar refractivity (Wildman–Crippen MR) is 107 cm³/mol. The highest BCUT2D eigenvalue weighted by atomic mass is 19.1. The average molecular weight is 388 g/mol. The minimum absolute atomic E-state index is 0.0561. The summed E-state index contributed by atoms with van der Waals surface area (Å²) >= 11 is 0. The molecule has 0 bridgehead atoms. The van der Waals surface area contributed by atoms with Crippen molar-refractivity contribution in [1.82, 2.24) is 25.7 Å². The molecule has 0 spiro atoms. The molecule has 2 aromatic rings. The van der Waals surface area contributed by atoms with E-state index in [1.165, 1.54) is 12.1 Å². The molecule has 6 nitrogen and oxygen atoms in total. The quantitative estimate of drug-likeness (QED) is 0.760. The molecule has 7 heteroatoms. The molecule has 0 aliphatic carbocycles. The van der Waals surface area contributed by atoms with Crippen molar-refractivity contribution in [2.45, 2.75) is 45.1 Å². The third-order valence-corrected chi connectivity index (χ3v) is 5.49. The van der Waals surface area contributed by atoms with E-state index < -0.39 is 0 Å². The summed E-state index contributed by atoms with van der Waals surface area (Å²) in [5.41, 5.74) is 2.11. The summed E-state index contributed by atoms with van der Waals surface area (Å²) in [4.78, 5) is 6.87. The number of rotatable bonds is 7. The first-order valence-corrected chi connectivity index (χ1v) is 9.81. The number of benzene rings is 1. The average Bonchev–Trinajstić information content (AvgIpc) is 3.12. The lowest BCUT2D eigenvalue weighted by Gasteiger charge is -2.37. The Kier molecular flexibility index (Phi) is 6.34. The Hall–Kier alpha value is -2.41. The topological polar surface area (TPSA) is 66.2 Å². The van der Waals surface area contributed by atoms with Crippen molar-refractivity contribution in [2.75, 3.05) is 26.7 Å². The maximum Gasteiger partial charge on any atom is 0.232 e. The van der Waals surface area contributed by atoms with Gasteiger partial charge in [-0.25, -0.2) is 4.39 Å². The largest absolute Gasteiger partial charge is 0.393 e. The van der Waals surface area contributed by atoms with E-state index in [0.717, 1.165) is 49.6 Å². The summed E-state index contributed by atoms with van der Waals surface area (Å²) in [6.45, 7) is 8.90. The third kappa shape index (κ3) is 4.90. The van der Waals surface area contributed by atoms with Gasteiger partial charge in [0.25, 0.3) is 0 Å². The molecule has 0 amide bonds. The molecule has 28 heavy (non-hydrogen) atoms. The van der Waals surface area contributed by atoms with Crippen LogP contribution in [0.2, 0.25) is 0 Å². The minimum Gasteiger partial charge on any atom is -0.393 e. The summed E-state index contributed by atoms with van der Waals surface area (Å²) in [5, 5.41) is 10.6. The van der Waals surface area contributed by atoms with E-state index in [0.29, 0.717) is 5.82 Å². The maximum atomic E-state index is 13.2. The summed E-state index contributed by atoms with van der Waals surface area (Å²) in [7, 11) is 1.90. The number of nitrogens with one attached hydrogen (secondary N) is 2. The fourth-order valence-electron chi connectivity index (χ4n) is 3.62. The molecule has 0 radical (unpaired) electrons. The predicted octanol–water partition coefficient (Wildman–Crippen LogP) is 3.28. The number of aryl methyl sites for hydroxylation is 1. The van der Waals surface area contributed by atoms with Crippen molar-refractivity contribution in [2.24, 2.45) is 0 Å². The van der Waals surface area contributed by atoms with E-state index in [1.807, 2.05) is 32.3 Å². The standard InChI is InChI=1S/C21H30FN5O/c1-15(17-5-7-18(22)8-6-17)24-19(13-23-4)14-27-11-9-21(3,10-12-27)20-25-16(2)26-28-20/h5-8,13,15,23-24H,9-12,14H2,1-4H3/b19-13-. The Bertz CT molecular complexity index is 793. The Labute approximate surface area is 166 Å². The smallest absolute Gasteiger partial charge is 0.232 e. The van der Waals surface area contributed by atoms with Crippen molar-refractivity contribution >= 4 is 0 Å². The van der Waals surface area contributed by atoms with Crippen LogP contribution in [0.3, 0.4) is 0 Å². The number of piperidine rings is 1. The monoisotopic (exact) mass is 387 g/mol. The van der Waals surface area contributed by atoms with Gasteiger partial charge in [0.15, 0.2) is 5.82 Å². The lowest BCUT2D eigenvalue weighted by atomic mass is 9.80. The summed E-state index contributed by atoms with van der Waals surface area (Å²) in [6.07, 6.45) is 3.96. The van der Waals surface area contributed by atoms with Gasteiger partial charge in [-0.2, -0.15) is 4.98 Å². The van der Waals surface area contributed by atoms with E-state index >= 15 is 0 Å². The first-order chi connectivity index (χ1) is 13.4. The van der Waals surface area contributed by atoms with E-state index in [4.69, 9.17) is 4.52 Å². The van der Waals surface area contributed by atoms with Gasteiger partial charge in [0.2, 0.25) is 5.89 Å². The van der Waals surface area contributed by atoms with Crippen molar-refractivity contribution < 1.29 is 8.91 Å². The zero-order valence-corrected chi connectivity index (χ0v) is 17.1. The van der Waals surface area contributed by atoms with Crippen LogP contribution >= 0.6 is 0 Å². The fourth-order valence-corrected chi connectivity index (χ4v) is 3.62. The van der Waals surface area contributed by atoms with Crippen molar-refractivity contribution in [3.05, 3.63) is 59.3 Å². The van der Waals surface area contributed by atoms with Crippen LogP contribution in [0.4, 0.5) is 4.39 Å². The molecule has 0 saturated carbocycles. The van der Waals surface area contributed by atoms with Gasteiger partial charge in [-0.1, -0.05) is 24.2 Å². The van der Waals surface area contributed by atoms with Crippen LogP contribution in [0.25, 0.3) is 0 Å². The Morgan fingerprint density at radius 3 is 2.57 bits per heavy atom. The van der Waals surface area contributed by atoms with Gasteiger partial charge < -0.3 is 15.2 Å². The second-order valence-electron chi connectivity index (χ2n) is 7.86. The van der Waals surface area contributed by atoms with Gasteiger partial charge in [-0.05, 0) is 57.5 Å². The zero-order chi connectivity index (χ0) is 20.1. The van der Waals surface area contributed by atoms with Crippen LogP contribution in [0, 0.1) is 12.7 Å². The number of hydrogen-bond donors (Lipinski definition) is 2. The summed E-state index contributed by atoms with van der Waals surface area (Å²) < 4.78 is 18.6. The van der Waals surface area contributed by atoms with Crippen LogP contribution in [0.5, 0.6) is 0 Å². The Morgan fingerprint density at radius 1 is 1.32 bits per heavy atom. The molecule has 1 atom stereocenters. The highest BCUT2D eigenvalue weighted by molar-refractivity contribution is 5.21. The highest BCUT2D eigenvalue weighted by Crippen LogP contribution is 2.34. The van der Waals surface area contributed by atoms with Crippen molar-refractivity contribution in [1.29, 1.82) is 0 Å². The molecule has 3 rings (SSSR count). The molecule has 1 saturated heterocycles. The fraction of sp³-hybridized carbons (Fsp3) is 0.524. The molecule has 1 unspecified atom stereocenters. The molecular weight excluding hydrogens is 357 g/mol. The van der Waals surface area contributed by atoms with Gasteiger partial charge in [0, 0.05) is 36.9 Å². The lowest BCUT2D eigenvalue weighted by Crippen LogP contribution is -2.43. The minimum atomic E-state index is -0.213. The molecule has 2 heterocycles. The summed E-state index contributed by atoms with van der Waals surface area (Å²) in [5.74, 6) is 1.23. The number of hydrogen-bond acceptors (Lipinski definition) is 6. The number of halogens is 1. The molecule has 1 aromatic heterocycles. The molecule has 1 aromatic carbocycles. The van der Waals surface area contributed by atoms with Crippen LogP contribution < -0.4 is 10.6 Å². The Balaban J connectivity index is 1.58. The van der Waals surface area contributed by atoms with Crippen LogP contribution in [-0.4, -0.2) is 41.7 Å². The van der Waals surface area contributed by atoms with Gasteiger partial charge in [-0.15, -0.1) is 0 Å². The number of aromatic nitrogens is 2. The first kappa shape index (κ1) is 20.3. The van der Waals surface area contributed by atoms with Crippen LogP contribution in [0.1, 0.15) is 50.0 Å². The van der Waals surface area contributed by atoms with Crippen molar-refractivity contribution in [3.63, 3.8) is 0 Å². The van der Waals surface area contributed by atoms with E-state index in [9.17, 15) is 4.39 Å². The molecular formula is C21H30FN5O. The molecule has 2 N–H and O–H groups in total. The Morgan fingerprint density at radius 2 is 2.00 bits per heavy atom. The first-order valence-electron chi connectivity index (χ1n) is 9.81. The maximum absolute atomic E-state index is 13.2. The SMILES string of the molecule is CN/C=C(/CN1CCC(C)(c2nc(C)no2)CC1)NC(C)c1ccc(F)cc1. The van der Waals surface area contributed by atoms with Gasteiger partial charge in [0.05, 0.1) is 0 Å². The molecule has 1 aliphatic rings. The second kappa shape index (κ2) is 8.73. The number of nitrogens with zero attached hydrogens (tertiary/aromatic N) is 3. The van der Waals surface area contributed by atoms with E-state index in [1.54, 1.807) is 0 Å². The number of likely N-dealkylation sites (tertiary alicyclic amines) is 1. The lowest BCUT2D eigenvalue weighted by molar-refractivity contribution is 0.149. The second-order valence-corrected chi connectivity index (χ2v) is 7.86. The zero-order valence-electron chi connectivity index (χ0n) is 17.1. The highest BCUT2D eigenvalue weighted by Gasteiger charge is 2.36. The van der Waals surface area contributed by atoms with Gasteiger partial charge in [0.1, 0.15) is 5.82 Å². The summed E-state index contributed by atoms with van der Waals surface area (Å²) in [6, 6.07) is 6.74. The van der Waals surface area contributed by atoms with E-state index in [2.05, 4.69) is 39.5 Å². The van der Waals surface area contributed by atoms with Crippen LogP contribution in [-0.2, 0) is 5.41 Å². The molecule has 1 fully saturated rings. The van der Waals surface area contributed by atoms with E-state index in [-0.39, 0.29) is 17.3 Å². The van der Waals surface area contributed by atoms with Gasteiger partial charge in [-0.3, -0.25) is 4.90 Å². The third-order valence-electron chi connectivity index (χ3n) is 5.49. The van der Waals surface area contributed by atoms with Crippen LogP contribution in [0.15, 0.2) is 40.7 Å². The molecule has 152 valence electrons.